The fraction of sp³-hybridized carbons (Fsp3) is 0.583. The molecule has 3 aliphatic carbocycles. The number of hydrogen-bond donors (Lipinski definition) is 1. The first-order valence-electron chi connectivity index (χ1n) is 5.37. The van der Waals surface area contributed by atoms with E-state index < -0.39 is 5.60 Å². The van der Waals surface area contributed by atoms with Crippen LogP contribution in [0, 0.1) is 23.7 Å². The number of carbonyl (C=O) groups is 1. The van der Waals surface area contributed by atoms with E-state index in [9.17, 15) is 9.90 Å². The van der Waals surface area contributed by atoms with Crippen LogP contribution in [0.4, 0.5) is 0 Å². The predicted octanol–water partition coefficient (Wildman–Crippen LogP) is 2.04. The van der Waals surface area contributed by atoms with E-state index >= 15 is 0 Å². The predicted molar refractivity (Wildman–Crippen MR) is 60.4 cm³/mol. The normalized spacial score (nSPS) is 51.9. The average molecular weight is 269 g/mol. The second-order valence-corrected chi connectivity index (χ2v) is 5.80. The highest BCUT2D eigenvalue weighted by atomic mass is 79.9. The second-order valence-electron chi connectivity index (χ2n) is 4.89. The van der Waals surface area contributed by atoms with Gasteiger partial charge in [-0.15, -0.1) is 0 Å². The summed E-state index contributed by atoms with van der Waals surface area (Å²) < 4.78 is 0.973. The maximum absolute atomic E-state index is 11.9. The zero-order valence-electron chi connectivity index (χ0n) is 8.48. The van der Waals surface area contributed by atoms with E-state index in [0.29, 0.717) is 11.8 Å². The van der Waals surface area contributed by atoms with Gasteiger partial charge in [0.1, 0.15) is 5.60 Å². The van der Waals surface area contributed by atoms with Gasteiger partial charge in [0, 0.05) is 22.2 Å². The first-order chi connectivity index (χ1) is 7.06. The molecule has 0 radical (unpaired) electrons. The van der Waals surface area contributed by atoms with Crippen LogP contribution in [0.15, 0.2) is 22.7 Å². The van der Waals surface area contributed by atoms with E-state index in [0.717, 1.165) is 10.9 Å². The van der Waals surface area contributed by atoms with Crippen LogP contribution in [0.1, 0.15) is 13.3 Å². The fourth-order valence-corrected chi connectivity index (χ4v) is 4.58. The Morgan fingerprint density at radius 3 is 3.07 bits per heavy atom. The van der Waals surface area contributed by atoms with Gasteiger partial charge in [-0.05, 0) is 18.4 Å². The number of fused-ring (bicyclic) bond motifs is 5. The van der Waals surface area contributed by atoms with Gasteiger partial charge in [-0.2, -0.15) is 0 Å². The zero-order chi connectivity index (χ0) is 10.8. The highest BCUT2D eigenvalue weighted by molar-refractivity contribution is 9.11. The van der Waals surface area contributed by atoms with Gasteiger partial charge in [0.25, 0.3) is 0 Å². The molecule has 0 saturated heterocycles. The summed E-state index contributed by atoms with van der Waals surface area (Å²) >= 11 is 3.48. The van der Waals surface area contributed by atoms with Crippen molar-refractivity contribution in [2.75, 3.05) is 0 Å². The third kappa shape index (κ3) is 0.961. The molecule has 1 fully saturated rings. The molecule has 0 aromatic heterocycles. The molecular weight excluding hydrogens is 256 g/mol. The third-order valence-corrected chi connectivity index (χ3v) is 5.15. The minimum Gasteiger partial charge on any atom is -0.381 e. The van der Waals surface area contributed by atoms with Crippen LogP contribution in [0.2, 0.25) is 0 Å². The molecule has 0 unspecified atom stereocenters. The molecule has 0 aromatic rings. The summed E-state index contributed by atoms with van der Waals surface area (Å²) in [4.78, 5) is 11.9. The number of hydrogen-bond acceptors (Lipinski definition) is 2. The molecule has 15 heavy (non-hydrogen) atoms. The van der Waals surface area contributed by atoms with Crippen molar-refractivity contribution in [3.8, 4) is 0 Å². The Hall–Kier alpha value is -0.410. The summed E-state index contributed by atoms with van der Waals surface area (Å²) in [7, 11) is 0. The Morgan fingerprint density at radius 2 is 2.33 bits per heavy atom. The minimum absolute atomic E-state index is 0.0244. The second kappa shape index (κ2) is 2.83. The summed E-state index contributed by atoms with van der Waals surface area (Å²) in [6, 6.07) is 0. The third-order valence-electron chi connectivity index (χ3n) is 4.40. The summed E-state index contributed by atoms with van der Waals surface area (Å²) in [5, 5.41) is 10.6. The van der Waals surface area contributed by atoms with Gasteiger partial charge in [-0.3, -0.25) is 4.79 Å². The fourth-order valence-electron chi connectivity index (χ4n) is 3.63. The minimum atomic E-state index is -1.14. The molecule has 0 aromatic carbocycles. The maximum atomic E-state index is 11.9. The molecule has 1 saturated carbocycles. The Kier molecular flexibility index (Phi) is 1.85. The van der Waals surface area contributed by atoms with E-state index in [1.165, 1.54) is 0 Å². The lowest BCUT2D eigenvalue weighted by molar-refractivity contribution is -0.139. The average Bonchev–Trinajstić information content (AvgIpc) is 2.68. The Morgan fingerprint density at radius 1 is 1.60 bits per heavy atom. The molecular formula is C12H13BrO2. The van der Waals surface area contributed by atoms with Crippen LogP contribution in [0.3, 0.4) is 0 Å². The molecule has 2 bridgehead atoms. The molecule has 0 amide bonds. The van der Waals surface area contributed by atoms with E-state index in [-0.39, 0.29) is 17.6 Å². The number of aliphatic hydroxyl groups is 1. The summed E-state index contributed by atoms with van der Waals surface area (Å²) in [6.07, 6.45) is 6.69. The lowest BCUT2D eigenvalue weighted by atomic mass is 9.77. The van der Waals surface area contributed by atoms with Crippen LogP contribution >= 0.6 is 15.9 Å². The Balaban J connectivity index is 2.19. The van der Waals surface area contributed by atoms with Crippen molar-refractivity contribution >= 4 is 21.7 Å². The van der Waals surface area contributed by atoms with Crippen LogP contribution < -0.4 is 0 Å². The molecule has 1 N–H and O–H groups in total. The van der Waals surface area contributed by atoms with Crippen molar-refractivity contribution in [3.05, 3.63) is 22.7 Å². The number of halogens is 1. The van der Waals surface area contributed by atoms with Gasteiger partial charge >= 0.3 is 0 Å². The molecule has 3 aliphatic rings. The van der Waals surface area contributed by atoms with Gasteiger partial charge in [0.2, 0.25) is 0 Å². The van der Waals surface area contributed by atoms with Crippen molar-refractivity contribution in [2.45, 2.75) is 18.9 Å². The summed E-state index contributed by atoms with van der Waals surface area (Å²) in [5.41, 5.74) is -1.14. The van der Waals surface area contributed by atoms with E-state index in [2.05, 4.69) is 22.0 Å². The number of carbonyl (C=O) groups excluding carboxylic acids is 1. The lowest BCUT2D eigenvalue weighted by Crippen LogP contribution is -2.47. The van der Waals surface area contributed by atoms with Crippen molar-refractivity contribution in [2.24, 2.45) is 23.7 Å². The van der Waals surface area contributed by atoms with E-state index in [1.54, 1.807) is 6.08 Å². The molecule has 3 heteroatoms. The largest absolute Gasteiger partial charge is 0.381 e. The summed E-state index contributed by atoms with van der Waals surface area (Å²) in [5.74, 6) is 0.646. The van der Waals surface area contributed by atoms with Crippen LogP contribution in [-0.4, -0.2) is 16.5 Å². The molecule has 0 heterocycles. The highest BCUT2D eigenvalue weighted by Crippen LogP contribution is 2.59. The quantitative estimate of drug-likeness (QED) is 0.683. The topological polar surface area (TPSA) is 37.3 Å². The van der Waals surface area contributed by atoms with E-state index in [1.807, 2.05) is 13.0 Å². The first kappa shape index (κ1) is 9.79. The van der Waals surface area contributed by atoms with Crippen LogP contribution in [-0.2, 0) is 4.79 Å². The Bertz CT molecular complexity index is 398. The molecule has 0 aliphatic heterocycles. The van der Waals surface area contributed by atoms with Crippen molar-refractivity contribution < 1.29 is 9.90 Å². The van der Waals surface area contributed by atoms with Gasteiger partial charge in [0.15, 0.2) is 5.78 Å². The van der Waals surface area contributed by atoms with Crippen molar-refractivity contribution in [3.63, 3.8) is 0 Å². The standard InChI is InChI=1S/C12H13BrO2/c1-6-11-7-3-2-4-8(7)12(6,15)10(14)5-9(11)13/h2,4-8,11,15H,3H2,1H3/t6-,7-,8+,11+,12+/m1/s1. The molecule has 3 rings (SSSR count). The molecule has 2 nitrogen and oxygen atoms in total. The number of allylic oxidation sites excluding steroid dienone is 2. The summed E-state index contributed by atoms with van der Waals surface area (Å²) in [6.45, 7) is 1.99. The zero-order valence-corrected chi connectivity index (χ0v) is 10.1. The molecule has 5 atom stereocenters. The molecule has 80 valence electrons. The lowest BCUT2D eigenvalue weighted by Gasteiger charge is -2.33. The molecule has 0 spiro atoms. The van der Waals surface area contributed by atoms with Crippen LogP contribution in [0.5, 0.6) is 0 Å². The van der Waals surface area contributed by atoms with Gasteiger partial charge in [-0.25, -0.2) is 0 Å². The van der Waals surface area contributed by atoms with Crippen molar-refractivity contribution in [1.82, 2.24) is 0 Å². The SMILES string of the molecule is C[C@@H]1[C@@H]2C(Br)=CC(=O)[C@@]1(O)[C@H]1C=CC[C@@H]21. The van der Waals surface area contributed by atoms with Gasteiger partial charge < -0.3 is 5.11 Å². The number of rotatable bonds is 0. The highest BCUT2D eigenvalue weighted by Gasteiger charge is 2.63. The monoisotopic (exact) mass is 268 g/mol. The smallest absolute Gasteiger partial charge is 0.188 e. The van der Waals surface area contributed by atoms with Gasteiger partial charge in [-0.1, -0.05) is 35.0 Å². The maximum Gasteiger partial charge on any atom is 0.188 e. The van der Waals surface area contributed by atoms with Crippen molar-refractivity contribution in [1.29, 1.82) is 0 Å². The Labute approximate surface area is 97.2 Å². The van der Waals surface area contributed by atoms with Crippen LogP contribution in [0.25, 0.3) is 0 Å². The number of ketones is 1. The van der Waals surface area contributed by atoms with E-state index in [4.69, 9.17) is 0 Å². The first-order valence-corrected chi connectivity index (χ1v) is 6.16. The van der Waals surface area contributed by atoms with Gasteiger partial charge in [0.05, 0.1) is 0 Å².